The van der Waals surface area contributed by atoms with Gasteiger partial charge in [0.25, 0.3) is 0 Å². The molecule has 0 heterocycles. The number of hydrogen-bond acceptors (Lipinski definition) is 2. The quantitative estimate of drug-likeness (QED) is 0.799. The van der Waals surface area contributed by atoms with Gasteiger partial charge in [0.1, 0.15) is 6.04 Å². The van der Waals surface area contributed by atoms with Gasteiger partial charge in [0.2, 0.25) is 0 Å². The number of nitrogens with one attached hydrogen (secondary N) is 2. The first-order valence-electron chi connectivity index (χ1n) is 6.22. The largest absolute Gasteiger partial charge is 0.480 e. The van der Waals surface area contributed by atoms with Gasteiger partial charge in [0, 0.05) is 11.6 Å². The van der Waals surface area contributed by atoms with Gasteiger partial charge in [-0.25, -0.2) is 9.59 Å². The van der Waals surface area contributed by atoms with Crippen molar-refractivity contribution in [3.05, 3.63) is 34.9 Å². The average molecular weight is 299 g/mol. The fourth-order valence-corrected chi connectivity index (χ4v) is 1.85. The smallest absolute Gasteiger partial charge is 0.326 e. The Hall–Kier alpha value is -1.75. The summed E-state index contributed by atoms with van der Waals surface area (Å²) in [7, 11) is 0. The van der Waals surface area contributed by atoms with E-state index >= 15 is 0 Å². The minimum atomic E-state index is -1.06. The molecule has 0 aliphatic heterocycles. The highest BCUT2D eigenvalue weighted by atomic mass is 35.5. The van der Waals surface area contributed by atoms with Crippen LogP contribution >= 0.6 is 11.6 Å². The summed E-state index contributed by atoms with van der Waals surface area (Å²) in [6.07, 6.45) is 0. The van der Waals surface area contributed by atoms with Crippen molar-refractivity contribution >= 4 is 23.6 Å². The molecule has 0 bridgehead atoms. The molecule has 20 heavy (non-hydrogen) atoms. The highest BCUT2D eigenvalue weighted by Crippen LogP contribution is 2.19. The van der Waals surface area contributed by atoms with E-state index in [9.17, 15) is 9.59 Å². The summed E-state index contributed by atoms with van der Waals surface area (Å²) in [6, 6.07) is 5.63. The van der Waals surface area contributed by atoms with E-state index in [4.69, 9.17) is 16.7 Å². The van der Waals surface area contributed by atoms with Crippen LogP contribution in [0.25, 0.3) is 0 Å². The second-order valence-electron chi connectivity index (χ2n) is 5.56. The minimum Gasteiger partial charge on any atom is -0.480 e. The molecule has 1 atom stereocenters. The maximum Gasteiger partial charge on any atom is 0.326 e. The molecule has 3 N–H and O–H groups in total. The number of benzene rings is 1. The predicted molar refractivity (Wildman–Crippen MR) is 77.7 cm³/mol. The van der Waals surface area contributed by atoms with Gasteiger partial charge in [-0.2, -0.15) is 0 Å². The summed E-state index contributed by atoms with van der Waals surface area (Å²) in [5, 5.41) is 14.7. The number of carboxylic acid groups (broad SMARTS) is 1. The van der Waals surface area contributed by atoms with Crippen molar-refractivity contribution in [2.75, 3.05) is 0 Å². The van der Waals surface area contributed by atoms with Crippen LogP contribution in [0.15, 0.2) is 24.3 Å². The van der Waals surface area contributed by atoms with Gasteiger partial charge in [0.05, 0.1) is 0 Å². The molecule has 0 aromatic heterocycles. The molecule has 1 unspecified atom stereocenters. The van der Waals surface area contributed by atoms with Crippen LogP contribution in [-0.2, 0) is 11.3 Å². The van der Waals surface area contributed by atoms with E-state index in [0.29, 0.717) is 5.02 Å². The third-order valence-electron chi connectivity index (χ3n) is 2.79. The van der Waals surface area contributed by atoms with Crippen LogP contribution in [0.1, 0.15) is 26.3 Å². The number of hydrogen-bond donors (Lipinski definition) is 3. The van der Waals surface area contributed by atoms with E-state index in [1.807, 2.05) is 6.07 Å². The Kier molecular flexibility index (Phi) is 5.39. The first kappa shape index (κ1) is 16.3. The topological polar surface area (TPSA) is 78.4 Å². The standard InChI is InChI=1S/C14H19ClN2O3/c1-14(2,3)11(12(18)19)17-13(20)16-8-9-6-4-5-7-10(9)15/h4-7,11H,8H2,1-3H3,(H,18,19)(H2,16,17,20). The van der Waals surface area contributed by atoms with Crippen LogP contribution in [0.4, 0.5) is 4.79 Å². The highest BCUT2D eigenvalue weighted by Gasteiger charge is 2.32. The van der Waals surface area contributed by atoms with E-state index < -0.39 is 23.5 Å². The first-order chi connectivity index (χ1) is 9.21. The molecule has 6 heteroatoms. The number of urea groups is 1. The monoisotopic (exact) mass is 298 g/mol. The maximum atomic E-state index is 11.8. The number of rotatable bonds is 4. The van der Waals surface area contributed by atoms with Gasteiger partial charge in [-0.1, -0.05) is 50.6 Å². The Morgan fingerprint density at radius 1 is 1.30 bits per heavy atom. The van der Waals surface area contributed by atoms with Crippen LogP contribution in [0.5, 0.6) is 0 Å². The van der Waals surface area contributed by atoms with E-state index in [1.54, 1.807) is 39.0 Å². The molecule has 0 aliphatic rings. The zero-order chi connectivity index (χ0) is 15.3. The molecule has 0 fully saturated rings. The Bertz CT molecular complexity index is 497. The van der Waals surface area contributed by atoms with E-state index in [-0.39, 0.29) is 6.54 Å². The number of halogens is 1. The second-order valence-corrected chi connectivity index (χ2v) is 5.96. The molecule has 0 radical (unpaired) electrons. The lowest BCUT2D eigenvalue weighted by Gasteiger charge is -2.27. The predicted octanol–water partition coefficient (Wildman–Crippen LogP) is 2.64. The minimum absolute atomic E-state index is 0.238. The number of carboxylic acids is 1. The SMILES string of the molecule is CC(C)(C)C(NC(=O)NCc1ccccc1Cl)C(=O)O. The zero-order valence-corrected chi connectivity index (χ0v) is 12.5. The highest BCUT2D eigenvalue weighted by molar-refractivity contribution is 6.31. The van der Waals surface area contributed by atoms with Crippen molar-refractivity contribution < 1.29 is 14.7 Å². The zero-order valence-electron chi connectivity index (χ0n) is 11.7. The molecule has 0 spiro atoms. The summed E-state index contributed by atoms with van der Waals surface area (Å²) < 4.78 is 0. The molecule has 1 aromatic carbocycles. The molecule has 0 aliphatic carbocycles. The molecule has 0 saturated carbocycles. The van der Waals surface area contributed by atoms with E-state index in [0.717, 1.165) is 5.56 Å². The molecule has 1 aromatic rings. The van der Waals surface area contributed by atoms with Gasteiger partial charge in [-0.05, 0) is 17.0 Å². The summed E-state index contributed by atoms with van der Waals surface area (Å²) in [6.45, 7) is 5.49. The van der Waals surface area contributed by atoms with Crippen molar-refractivity contribution in [3.63, 3.8) is 0 Å². The van der Waals surface area contributed by atoms with Crippen LogP contribution in [-0.4, -0.2) is 23.1 Å². The van der Waals surface area contributed by atoms with Crippen molar-refractivity contribution in [1.29, 1.82) is 0 Å². The summed E-state index contributed by atoms with van der Waals surface area (Å²) in [4.78, 5) is 22.9. The third-order valence-corrected chi connectivity index (χ3v) is 3.15. The van der Waals surface area contributed by atoms with Crippen molar-refractivity contribution in [2.45, 2.75) is 33.4 Å². The molecule has 2 amide bonds. The molecule has 1 rings (SSSR count). The average Bonchev–Trinajstić information content (AvgIpc) is 2.33. The van der Waals surface area contributed by atoms with E-state index in [2.05, 4.69) is 10.6 Å². The number of carbonyl (C=O) groups excluding carboxylic acids is 1. The van der Waals surface area contributed by atoms with Crippen LogP contribution in [0, 0.1) is 5.41 Å². The number of aliphatic carboxylic acids is 1. The molecular formula is C14H19ClN2O3. The van der Waals surface area contributed by atoms with Gasteiger partial charge in [-0.15, -0.1) is 0 Å². The molecule has 110 valence electrons. The van der Waals surface area contributed by atoms with Gasteiger partial charge in [0.15, 0.2) is 0 Å². The van der Waals surface area contributed by atoms with Crippen LogP contribution in [0.2, 0.25) is 5.02 Å². The fraction of sp³-hybridized carbons (Fsp3) is 0.429. The lowest BCUT2D eigenvalue weighted by Crippen LogP contribution is -2.52. The van der Waals surface area contributed by atoms with Crippen LogP contribution < -0.4 is 10.6 Å². The van der Waals surface area contributed by atoms with Gasteiger partial charge >= 0.3 is 12.0 Å². The normalized spacial score (nSPS) is 12.6. The van der Waals surface area contributed by atoms with Crippen LogP contribution in [0.3, 0.4) is 0 Å². The Morgan fingerprint density at radius 2 is 1.90 bits per heavy atom. The molecule has 5 nitrogen and oxygen atoms in total. The maximum absolute atomic E-state index is 11.8. The van der Waals surface area contributed by atoms with Crippen molar-refractivity contribution in [1.82, 2.24) is 10.6 Å². The molecule has 0 saturated heterocycles. The molecular weight excluding hydrogens is 280 g/mol. The van der Waals surface area contributed by atoms with Gasteiger partial charge in [-0.3, -0.25) is 0 Å². The van der Waals surface area contributed by atoms with E-state index in [1.165, 1.54) is 0 Å². The van der Waals surface area contributed by atoms with Crippen molar-refractivity contribution in [3.8, 4) is 0 Å². The summed E-state index contributed by atoms with van der Waals surface area (Å²) in [5.41, 5.74) is 0.194. The lowest BCUT2D eigenvalue weighted by atomic mass is 9.87. The Morgan fingerprint density at radius 3 is 2.40 bits per heavy atom. The Labute approximate surface area is 123 Å². The third kappa shape index (κ3) is 4.74. The number of amides is 2. The Balaban J connectivity index is 2.60. The fourth-order valence-electron chi connectivity index (χ4n) is 1.65. The lowest BCUT2D eigenvalue weighted by molar-refractivity contribution is -0.141. The number of carbonyl (C=O) groups is 2. The van der Waals surface area contributed by atoms with Gasteiger partial charge < -0.3 is 15.7 Å². The first-order valence-corrected chi connectivity index (χ1v) is 6.60. The summed E-state index contributed by atoms with van der Waals surface area (Å²) >= 11 is 5.97. The summed E-state index contributed by atoms with van der Waals surface area (Å²) in [5.74, 6) is -1.06. The second kappa shape index (κ2) is 6.61. The van der Waals surface area contributed by atoms with Crippen molar-refractivity contribution in [2.24, 2.45) is 5.41 Å².